The van der Waals surface area contributed by atoms with Crippen molar-refractivity contribution in [1.82, 2.24) is 10.1 Å². The van der Waals surface area contributed by atoms with Gasteiger partial charge < -0.3 is 9.26 Å². The molecular formula is C7H11N3O3. The Kier molecular flexibility index (Phi) is 2.50. The van der Waals surface area contributed by atoms with Gasteiger partial charge in [0, 0.05) is 0 Å². The van der Waals surface area contributed by atoms with Crippen LogP contribution in [-0.2, 0) is 4.74 Å². The number of hydrogen-bond acceptors (Lipinski definition) is 5. The largest absolute Gasteiger partial charge is 0.444 e. The molecule has 0 bridgehead atoms. The molecule has 0 aliphatic heterocycles. The summed E-state index contributed by atoms with van der Waals surface area (Å²) in [6.45, 7) is 5.30. The number of nitrogens with one attached hydrogen (secondary N) is 1. The minimum atomic E-state index is -0.603. The summed E-state index contributed by atoms with van der Waals surface area (Å²) >= 11 is 0. The van der Waals surface area contributed by atoms with Crippen LogP contribution in [-0.4, -0.2) is 21.8 Å². The van der Waals surface area contributed by atoms with Crippen molar-refractivity contribution < 1.29 is 14.1 Å². The van der Waals surface area contributed by atoms with Crippen LogP contribution in [0.1, 0.15) is 20.8 Å². The van der Waals surface area contributed by atoms with E-state index in [1.54, 1.807) is 20.8 Å². The third kappa shape index (κ3) is 3.55. The lowest BCUT2D eigenvalue weighted by molar-refractivity contribution is 0.0634. The van der Waals surface area contributed by atoms with Gasteiger partial charge in [-0.3, -0.25) is 5.32 Å². The van der Waals surface area contributed by atoms with Gasteiger partial charge in [0.25, 0.3) is 5.95 Å². The van der Waals surface area contributed by atoms with E-state index in [-0.39, 0.29) is 5.95 Å². The van der Waals surface area contributed by atoms with Crippen molar-refractivity contribution >= 4 is 12.0 Å². The first-order valence-electron chi connectivity index (χ1n) is 3.74. The number of amides is 1. The van der Waals surface area contributed by atoms with Crippen molar-refractivity contribution in [2.75, 3.05) is 5.32 Å². The first kappa shape index (κ1) is 9.50. The van der Waals surface area contributed by atoms with Gasteiger partial charge in [-0.2, -0.15) is 4.98 Å². The number of nitrogens with zero attached hydrogens (tertiary/aromatic N) is 2. The SMILES string of the molecule is CC(C)(C)OC(=O)Nc1ncon1. The summed E-state index contributed by atoms with van der Waals surface area (Å²) in [6.07, 6.45) is 0.515. The highest BCUT2D eigenvalue weighted by atomic mass is 16.6. The summed E-state index contributed by atoms with van der Waals surface area (Å²) in [5.74, 6) is 0.0919. The predicted octanol–water partition coefficient (Wildman–Crippen LogP) is 1.42. The van der Waals surface area contributed by atoms with Crippen molar-refractivity contribution in [1.29, 1.82) is 0 Å². The van der Waals surface area contributed by atoms with Crippen LogP contribution < -0.4 is 5.32 Å². The first-order valence-corrected chi connectivity index (χ1v) is 3.74. The lowest BCUT2D eigenvalue weighted by Gasteiger charge is -2.18. The molecule has 0 saturated heterocycles. The van der Waals surface area contributed by atoms with Gasteiger partial charge in [0.2, 0.25) is 6.39 Å². The second-order valence-corrected chi connectivity index (χ2v) is 3.38. The molecule has 0 fully saturated rings. The van der Waals surface area contributed by atoms with Crippen molar-refractivity contribution in [3.63, 3.8) is 0 Å². The predicted molar refractivity (Wildman–Crippen MR) is 44.2 cm³/mol. The van der Waals surface area contributed by atoms with Crippen molar-refractivity contribution in [3.8, 4) is 0 Å². The standard InChI is InChI=1S/C7H11N3O3/c1-7(2,3)13-6(11)9-5-8-4-12-10-5/h4H,1-3H3,(H,9,10,11). The third-order valence-electron chi connectivity index (χ3n) is 0.974. The molecule has 1 rings (SSSR count). The highest BCUT2D eigenvalue weighted by molar-refractivity contribution is 5.82. The smallest absolute Gasteiger partial charge is 0.414 e. The molecule has 0 unspecified atom stereocenters. The van der Waals surface area contributed by atoms with E-state index < -0.39 is 11.7 Å². The maximum atomic E-state index is 11.1. The molecule has 6 nitrogen and oxygen atoms in total. The van der Waals surface area contributed by atoms with Gasteiger partial charge in [-0.05, 0) is 25.9 Å². The Labute approximate surface area is 75.3 Å². The zero-order chi connectivity index (χ0) is 9.90. The lowest BCUT2D eigenvalue weighted by atomic mass is 10.2. The number of carbonyl (C=O) groups is 1. The van der Waals surface area contributed by atoms with E-state index in [0.29, 0.717) is 0 Å². The van der Waals surface area contributed by atoms with E-state index in [4.69, 9.17) is 4.74 Å². The van der Waals surface area contributed by atoms with Crippen molar-refractivity contribution in [2.45, 2.75) is 26.4 Å². The highest BCUT2D eigenvalue weighted by Gasteiger charge is 2.17. The first-order chi connectivity index (χ1) is 5.97. The third-order valence-corrected chi connectivity index (χ3v) is 0.974. The Morgan fingerprint density at radius 2 is 2.31 bits per heavy atom. The van der Waals surface area contributed by atoms with E-state index >= 15 is 0 Å². The van der Waals surface area contributed by atoms with E-state index in [2.05, 4.69) is 20.0 Å². The van der Waals surface area contributed by atoms with Crippen molar-refractivity contribution in [3.05, 3.63) is 6.39 Å². The Morgan fingerprint density at radius 1 is 1.62 bits per heavy atom. The number of hydrogen-bond donors (Lipinski definition) is 1. The molecule has 0 atom stereocenters. The van der Waals surface area contributed by atoms with Gasteiger partial charge in [0.05, 0.1) is 0 Å². The maximum Gasteiger partial charge on any atom is 0.414 e. The maximum absolute atomic E-state index is 11.1. The van der Waals surface area contributed by atoms with Gasteiger partial charge in [0.1, 0.15) is 5.60 Å². The average molecular weight is 185 g/mol. The fourth-order valence-corrected chi connectivity index (χ4v) is 0.621. The van der Waals surface area contributed by atoms with Crippen LogP contribution in [0.3, 0.4) is 0 Å². The summed E-state index contributed by atoms with van der Waals surface area (Å²) in [5.41, 5.74) is -0.534. The number of rotatable bonds is 1. The van der Waals surface area contributed by atoms with E-state index in [0.717, 1.165) is 6.39 Å². The van der Waals surface area contributed by atoms with E-state index in [9.17, 15) is 4.79 Å². The summed E-state index contributed by atoms with van der Waals surface area (Å²) in [5, 5.41) is 5.69. The molecule has 0 aromatic carbocycles. The molecule has 0 aliphatic rings. The highest BCUT2D eigenvalue weighted by Crippen LogP contribution is 2.08. The fourth-order valence-electron chi connectivity index (χ4n) is 0.621. The van der Waals surface area contributed by atoms with Crippen LogP contribution in [0.25, 0.3) is 0 Å². The quantitative estimate of drug-likeness (QED) is 0.715. The molecule has 0 aliphatic carbocycles. The summed E-state index contributed by atoms with van der Waals surface area (Å²) in [6, 6.07) is 0. The molecule has 1 aromatic rings. The van der Waals surface area contributed by atoms with E-state index in [1.165, 1.54) is 0 Å². The lowest BCUT2D eigenvalue weighted by Crippen LogP contribution is -2.27. The zero-order valence-electron chi connectivity index (χ0n) is 7.70. The van der Waals surface area contributed by atoms with Crippen LogP contribution in [0, 0.1) is 0 Å². The second-order valence-electron chi connectivity index (χ2n) is 3.38. The molecule has 0 saturated carbocycles. The zero-order valence-corrected chi connectivity index (χ0v) is 7.70. The minimum absolute atomic E-state index is 0.0919. The molecule has 1 amide bonds. The van der Waals surface area contributed by atoms with Gasteiger partial charge >= 0.3 is 6.09 Å². The molecular weight excluding hydrogens is 174 g/mol. The molecule has 72 valence electrons. The molecule has 0 radical (unpaired) electrons. The molecule has 1 heterocycles. The van der Waals surface area contributed by atoms with Crippen LogP contribution >= 0.6 is 0 Å². The Hall–Kier alpha value is -1.59. The number of anilines is 1. The van der Waals surface area contributed by atoms with Gasteiger partial charge in [-0.15, -0.1) is 0 Å². The molecule has 1 N–H and O–H groups in total. The summed E-state index contributed by atoms with van der Waals surface area (Å²) < 4.78 is 9.35. The molecule has 13 heavy (non-hydrogen) atoms. The van der Waals surface area contributed by atoms with Crippen molar-refractivity contribution in [2.24, 2.45) is 0 Å². The van der Waals surface area contributed by atoms with Crippen LogP contribution in [0.2, 0.25) is 0 Å². The average Bonchev–Trinajstić information content (AvgIpc) is 2.34. The minimum Gasteiger partial charge on any atom is -0.444 e. The fraction of sp³-hybridized carbons (Fsp3) is 0.571. The monoisotopic (exact) mass is 185 g/mol. The topological polar surface area (TPSA) is 77.2 Å². The van der Waals surface area contributed by atoms with Crippen LogP contribution in [0.4, 0.5) is 10.7 Å². The normalized spacial score (nSPS) is 11.0. The van der Waals surface area contributed by atoms with Crippen LogP contribution in [0.15, 0.2) is 10.9 Å². The number of aromatic nitrogens is 2. The Balaban J connectivity index is 2.43. The van der Waals surface area contributed by atoms with Crippen LogP contribution in [0.5, 0.6) is 0 Å². The molecule has 1 aromatic heterocycles. The summed E-state index contributed by atoms with van der Waals surface area (Å²) in [7, 11) is 0. The van der Waals surface area contributed by atoms with Gasteiger partial charge in [-0.25, -0.2) is 4.79 Å². The second kappa shape index (κ2) is 3.42. The molecule has 6 heteroatoms. The Morgan fingerprint density at radius 3 is 2.77 bits per heavy atom. The number of ether oxygens (including phenoxy) is 1. The van der Waals surface area contributed by atoms with Gasteiger partial charge in [-0.1, -0.05) is 0 Å². The van der Waals surface area contributed by atoms with E-state index in [1.807, 2.05) is 0 Å². The number of carbonyl (C=O) groups excluding carboxylic acids is 1. The molecule has 0 spiro atoms. The Bertz CT molecular complexity index is 276. The summed E-state index contributed by atoms with van der Waals surface area (Å²) in [4.78, 5) is 14.7. The van der Waals surface area contributed by atoms with Gasteiger partial charge in [0.15, 0.2) is 0 Å².